The number of hydrogen-bond acceptors (Lipinski definition) is 4. The Bertz CT molecular complexity index is 1140. The van der Waals surface area contributed by atoms with E-state index in [1.54, 1.807) is 7.11 Å². The van der Waals surface area contributed by atoms with Crippen LogP contribution in [0, 0.1) is 0 Å². The summed E-state index contributed by atoms with van der Waals surface area (Å²) in [5, 5.41) is 3.67. The summed E-state index contributed by atoms with van der Waals surface area (Å²) in [6.07, 6.45) is 1.06. The van der Waals surface area contributed by atoms with Crippen molar-refractivity contribution in [2.24, 2.45) is 0 Å². The molecule has 0 aliphatic carbocycles. The number of methoxy groups -OCH3 is 1. The third kappa shape index (κ3) is 5.90. The number of benzene rings is 3. The zero-order valence-electron chi connectivity index (χ0n) is 22.0. The standard InChI is InChI=1S/C31H38N2O3/c1-22(36-26-14-10-7-11-15-26)30(34)33-27(23-12-8-6-9-13-23)17-19-29(33)32-21-24-20-25(31(2,3)4)16-18-28(24)35-5/h6-16,18,20,22,27,29,32H,17,19,21H2,1-5H3/t22-,27?,29?/m0/s1. The summed E-state index contributed by atoms with van der Waals surface area (Å²) in [5.41, 5.74) is 3.54. The highest BCUT2D eigenvalue weighted by molar-refractivity contribution is 5.82. The molecular formula is C31H38N2O3. The molecule has 5 nitrogen and oxygen atoms in total. The van der Waals surface area contributed by atoms with Gasteiger partial charge in [-0.05, 0) is 54.5 Å². The van der Waals surface area contributed by atoms with Gasteiger partial charge >= 0.3 is 0 Å². The van der Waals surface area contributed by atoms with E-state index in [2.05, 4.69) is 50.4 Å². The smallest absolute Gasteiger partial charge is 0.265 e. The third-order valence-electron chi connectivity index (χ3n) is 6.90. The molecule has 190 valence electrons. The van der Waals surface area contributed by atoms with Crippen LogP contribution in [0.5, 0.6) is 11.5 Å². The highest BCUT2D eigenvalue weighted by Crippen LogP contribution is 2.36. The van der Waals surface area contributed by atoms with Crippen LogP contribution in [-0.2, 0) is 16.8 Å². The number of rotatable bonds is 8. The molecule has 4 rings (SSSR count). The molecule has 3 aromatic rings. The molecule has 1 N–H and O–H groups in total. The maximum atomic E-state index is 13.8. The molecular weight excluding hydrogens is 448 g/mol. The Kier molecular flexibility index (Phi) is 8.00. The first-order valence-electron chi connectivity index (χ1n) is 12.8. The fourth-order valence-corrected chi connectivity index (χ4v) is 4.90. The van der Waals surface area contributed by atoms with E-state index in [-0.39, 0.29) is 23.5 Å². The number of carbonyl (C=O) groups is 1. The van der Waals surface area contributed by atoms with Gasteiger partial charge in [-0.1, -0.05) is 81.4 Å². The maximum Gasteiger partial charge on any atom is 0.265 e. The molecule has 1 fully saturated rings. The van der Waals surface area contributed by atoms with Gasteiger partial charge in [-0.15, -0.1) is 0 Å². The number of para-hydroxylation sites is 1. The van der Waals surface area contributed by atoms with E-state index in [4.69, 9.17) is 9.47 Å². The molecule has 1 amide bonds. The van der Waals surface area contributed by atoms with Gasteiger partial charge < -0.3 is 14.4 Å². The Hall–Kier alpha value is -3.31. The van der Waals surface area contributed by atoms with E-state index in [0.29, 0.717) is 12.3 Å². The first-order chi connectivity index (χ1) is 17.3. The number of nitrogens with zero attached hydrogens (tertiary/aromatic N) is 1. The van der Waals surface area contributed by atoms with E-state index in [0.717, 1.165) is 29.7 Å². The van der Waals surface area contributed by atoms with Crippen LogP contribution in [-0.4, -0.2) is 30.2 Å². The van der Waals surface area contributed by atoms with Gasteiger partial charge in [-0.3, -0.25) is 10.1 Å². The van der Waals surface area contributed by atoms with Crippen LogP contribution < -0.4 is 14.8 Å². The topological polar surface area (TPSA) is 50.8 Å². The van der Waals surface area contributed by atoms with E-state index < -0.39 is 6.10 Å². The van der Waals surface area contributed by atoms with Crippen molar-refractivity contribution in [3.8, 4) is 11.5 Å². The fraction of sp³-hybridized carbons (Fsp3) is 0.387. The summed E-state index contributed by atoms with van der Waals surface area (Å²) in [5.74, 6) is 1.53. The van der Waals surface area contributed by atoms with E-state index in [1.165, 1.54) is 5.56 Å². The number of nitrogens with one attached hydrogen (secondary N) is 1. The van der Waals surface area contributed by atoms with Crippen LogP contribution in [0.25, 0.3) is 0 Å². The lowest BCUT2D eigenvalue weighted by atomic mass is 9.86. The van der Waals surface area contributed by atoms with Crippen LogP contribution >= 0.6 is 0 Å². The van der Waals surface area contributed by atoms with Gasteiger partial charge in [0.25, 0.3) is 5.91 Å². The lowest BCUT2D eigenvalue weighted by Crippen LogP contribution is -2.49. The van der Waals surface area contributed by atoms with E-state index in [9.17, 15) is 4.79 Å². The van der Waals surface area contributed by atoms with Gasteiger partial charge in [-0.25, -0.2) is 0 Å². The largest absolute Gasteiger partial charge is 0.496 e. The van der Waals surface area contributed by atoms with Crippen LogP contribution in [0.2, 0.25) is 0 Å². The van der Waals surface area contributed by atoms with Crippen LogP contribution in [0.4, 0.5) is 0 Å². The molecule has 0 bridgehead atoms. The molecule has 1 aliphatic rings. The van der Waals surface area contributed by atoms with E-state index in [1.807, 2.05) is 66.4 Å². The van der Waals surface area contributed by atoms with Gasteiger partial charge in [0, 0.05) is 12.1 Å². The molecule has 1 heterocycles. The summed E-state index contributed by atoms with van der Waals surface area (Å²) in [6, 6.07) is 26.2. The van der Waals surface area contributed by atoms with Gasteiger partial charge in [0.1, 0.15) is 11.5 Å². The highest BCUT2D eigenvalue weighted by Gasteiger charge is 2.40. The third-order valence-corrected chi connectivity index (χ3v) is 6.90. The van der Waals surface area contributed by atoms with Gasteiger partial charge in [-0.2, -0.15) is 0 Å². The van der Waals surface area contributed by atoms with Crippen LogP contribution in [0.3, 0.4) is 0 Å². The number of likely N-dealkylation sites (tertiary alicyclic amines) is 1. The summed E-state index contributed by atoms with van der Waals surface area (Å²) in [4.78, 5) is 15.8. The van der Waals surface area contributed by atoms with Crippen molar-refractivity contribution in [1.29, 1.82) is 0 Å². The summed E-state index contributed by atoms with van der Waals surface area (Å²) in [6.45, 7) is 9.07. The Labute approximate surface area is 215 Å². The quantitative estimate of drug-likeness (QED) is 0.409. The zero-order chi connectivity index (χ0) is 25.7. The molecule has 0 saturated carbocycles. The molecule has 1 aliphatic heterocycles. The van der Waals surface area contributed by atoms with Gasteiger partial charge in [0.15, 0.2) is 6.10 Å². The predicted octanol–water partition coefficient (Wildman–Crippen LogP) is 6.24. The van der Waals surface area contributed by atoms with Crippen molar-refractivity contribution in [2.45, 2.75) is 70.8 Å². The molecule has 0 aromatic heterocycles. The number of amides is 1. The lowest BCUT2D eigenvalue weighted by Gasteiger charge is -2.33. The zero-order valence-corrected chi connectivity index (χ0v) is 22.0. The first kappa shape index (κ1) is 25.8. The van der Waals surface area contributed by atoms with Crippen LogP contribution in [0.15, 0.2) is 78.9 Å². The second-order valence-corrected chi connectivity index (χ2v) is 10.5. The maximum absolute atomic E-state index is 13.8. The van der Waals surface area contributed by atoms with Crippen LogP contribution in [0.1, 0.15) is 63.3 Å². The van der Waals surface area contributed by atoms with Gasteiger partial charge in [0.2, 0.25) is 0 Å². The summed E-state index contributed by atoms with van der Waals surface area (Å²) >= 11 is 0. The Morgan fingerprint density at radius 2 is 1.67 bits per heavy atom. The molecule has 0 spiro atoms. The molecule has 1 saturated heterocycles. The van der Waals surface area contributed by atoms with E-state index >= 15 is 0 Å². The molecule has 36 heavy (non-hydrogen) atoms. The molecule has 2 unspecified atom stereocenters. The minimum atomic E-state index is -0.597. The van der Waals surface area contributed by atoms with Gasteiger partial charge in [0.05, 0.1) is 19.3 Å². The Balaban J connectivity index is 1.57. The molecule has 0 radical (unpaired) electrons. The minimum Gasteiger partial charge on any atom is -0.496 e. The second-order valence-electron chi connectivity index (χ2n) is 10.5. The minimum absolute atomic E-state index is 0.000767. The monoisotopic (exact) mass is 486 g/mol. The highest BCUT2D eigenvalue weighted by atomic mass is 16.5. The first-order valence-corrected chi connectivity index (χ1v) is 12.8. The number of hydrogen-bond donors (Lipinski definition) is 1. The summed E-state index contributed by atoms with van der Waals surface area (Å²) < 4.78 is 11.7. The van der Waals surface area contributed by atoms with Crippen molar-refractivity contribution in [2.75, 3.05) is 7.11 Å². The van der Waals surface area contributed by atoms with Crippen molar-refractivity contribution in [3.63, 3.8) is 0 Å². The predicted molar refractivity (Wildman–Crippen MR) is 144 cm³/mol. The van der Waals surface area contributed by atoms with Crippen molar-refractivity contribution < 1.29 is 14.3 Å². The SMILES string of the molecule is COc1ccc(C(C)(C)C)cc1CNC1CCC(c2ccccc2)N1C(=O)[C@H](C)Oc1ccccc1. The molecule has 5 heteroatoms. The number of carbonyl (C=O) groups excluding carboxylic acids is 1. The average molecular weight is 487 g/mol. The summed E-state index contributed by atoms with van der Waals surface area (Å²) in [7, 11) is 1.70. The molecule has 3 aromatic carbocycles. The Morgan fingerprint density at radius 3 is 2.31 bits per heavy atom. The number of ether oxygens (including phenoxy) is 2. The van der Waals surface area contributed by atoms with Crippen molar-refractivity contribution in [1.82, 2.24) is 10.2 Å². The van der Waals surface area contributed by atoms with Crippen molar-refractivity contribution >= 4 is 5.91 Å². The van der Waals surface area contributed by atoms with Crippen molar-refractivity contribution in [3.05, 3.63) is 95.6 Å². The lowest BCUT2D eigenvalue weighted by molar-refractivity contribution is -0.141. The molecule has 3 atom stereocenters. The average Bonchev–Trinajstić information content (AvgIpc) is 3.31. The Morgan fingerprint density at radius 1 is 1.00 bits per heavy atom. The normalized spacial score (nSPS) is 18.6. The fourth-order valence-electron chi connectivity index (χ4n) is 4.90. The second kappa shape index (κ2) is 11.2.